The van der Waals surface area contributed by atoms with Crippen LogP contribution in [-0.4, -0.2) is 30.5 Å². The fraction of sp³-hybridized carbons (Fsp3) is 0.538. The highest BCUT2D eigenvalue weighted by atomic mass is 16.1. The van der Waals surface area contributed by atoms with Crippen LogP contribution in [0, 0.1) is 12.8 Å². The quantitative estimate of drug-likeness (QED) is 0.844. The van der Waals surface area contributed by atoms with E-state index in [0.717, 1.165) is 17.8 Å². The first-order valence-electron chi connectivity index (χ1n) is 6.73. The molecule has 20 heavy (non-hydrogen) atoms. The fourth-order valence-electron chi connectivity index (χ4n) is 1.94. The van der Waals surface area contributed by atoms with Crippen LogP contribution in [0.25, 0.3) is 0 Å². The number of nitrogens with zero attached hydrogens (tertiary/aromatic N) is 5. The maximum atomic E-state index is 12.0. The van der Waals surface area contributed by atoms with Gasteiger partial charge in [0, 0.05) is 24.8 Å². The van der Waals surface area contributed by atoms with Gasteiger partial charge in [0.15, 0.2) is 0 Å². The smallest absolute Gasteiger partial charge is 0.224 e. The predicted molar refractivity (Wildman–Crippen MR) is 73.7 cm³/mol. The highest BCUT2D eigenvalue weighted by Crippen LogP contribution is 2.06. The summed E-state index contributed by atoms with van der Waals surface area (Å²) < 4.78 is 3.53. The molecule has 2 heterocycles. The number of aryl methyl sites for hydroxylation is 2. The molecule has 1 N–H and O–H groups in total. The van der Waals surface area contributed by atoms with E-state index >= 15 is 0 Å². The van der Waals surface area contributed by atoms with Gasteiger partial charge in [0.05, 0.1) is 18.2 Å². The monoisotopic (exact) mass is 276 g/mol. The Morgan fingerprint density at radius 1 is 1.45 bits per heavy atom. The van der Waals surface area contributed by atoms with Crippen LogP contribution in [0.2, 0.25) is 0 Å². The maximum absolute atomic E-state index is 12.0. The zero-order valence-electron chi connectivity index (χ0n) is 12.1. The van der Waals surface area contributed by atoms with E-state index in [0.29, 0.717) is 13.1 Å². The summed E-state index contributed by atoms with van der Waals surface area (Å²) in [5.41, 5.74) is 2.00. The summed E-state index contributed by atoms with van der Waals surface area (Å²) in [5.74, 6) is -0.151. The molecule has 2 aromatic heterocycles. The maximum Gasteiger partial charge on any atom is 0.224 e. The van der Waals surface area contributed by atoms with Crippen LogP contribution in [0.15, 0.2) is 18.9 Å². The van der Waals surface area contributed by atoms with Crippen molar-refractivity contribution < 1.29 is 4.79 Å². The Balaban J connectivity index is 1.86. The number of hydrogen-bond donors (Lipinski definition) is 1. The molecule has 7 nitrogen and oxygen atoms in total. The van der Waals surface area contributed by atoms with Gasteiger partial charge in [0.2, 0.25) is 5.91 Å². The molecule has 1 amide bonds. The summed E-state index contributed by atoms with van der Waals surface area (Å²) in [6.07, 6.45) is 5.05. The van der Waals surface area contributed by atoms with Gasteiger partial charge in [-0.2, -0.15) is 10.2 Å². The number of hydrogen-bond acceptors (Lipinski definition) is 4. The minimum Gasteiger partial charge on any atom is -0.352 e. The summed E-state index contributed by atoms with van der Waals surface area (Å²) in [6, 6.07) is 0. The molecule has 108 valence electrons. The molecule has 0 aromatic carbocycles. The van der Waals surface area contributed by atoms with E-state index in [-0.39, 0.29) is 11.8 Å². The Bertz CT molecular complexity index is 559. The lowest BCUT2D eigenvalue weighted by molar-refractivity contribution is -0.125. The lowest BCUT2D eigenvalue weighted by atomic mass is 10.1. The van der Waals surface area contributed by atoms with Crippen LogP contribution in [0.4, 0.5) is 0 Å². The molecular weight excluding hydrogens is 256 g/mol. The average Bonchev–Trinajstić information content (AvgIpc) is 3.05. The van der Waals surface area contributed by atoms with E-state index in [1.807, 2.05) is 31.6 Å². The fourth-order valence-corrected chi connectivity index (χ4v) is 1.94. The molecule has 1 unspecified atom stereocenters. The van der Waals surface area contributed by atoms with Gasteiger partial charge < -0.3 is 5.32 Å². The SMILES string of the molecule is CCn1cc(CNC(=O)C(C)Cn2cncn2)c(C)n1. The topological polar surface area (TPSA) is 77.6 Å². The Labute approximate surface area is 118 Å². The van der Waals surface area contributed by atoms with Crippen LogP contribution in [-0.2, 0) is 24.4 Å². The Kier molecular flexibility index (Phi) is 4.49. The standard InChI is InChI=1S/C13H20N6O/c1-4-18-7-12(11(3)17-18)5-15-13(20)10(2)6-19-9-14-8-16-19/h7-10H,4-6H2,1-3H3,(H,15,20). The molecule has 2 rings (SSSR count). The van der Waals surface area contributed by atoms with Crippen molar-refractivity contribution in [3.8, 4) is 0 Å². The second-order valence-corrected chi connectivity index (χ2v) is 4.83. The average molecular weight is 276 g/mol. The van der Waals surface area contributed by atoms with Crippen molar-refractivity contribution in [2.45, 2.75) is 40.4 Å². The second kappa shape index (κ2) is 6.31. The van der Waals surface area contributed by atoms with Crippen LogP contribution in [0.1, 0.15) is 25.1 Å². The number of aromatic nitrogens is 5. The molecule has 0 saturated carbocycles. The van der Waals surface area contributed by atoms with Crippen molar-refractivity contribution in [1.29, 1.82) is 0 Å². The Hall–Kier alpha value is -2.18. The molecule has 2 aromatic rings. The molecular formula is C13H20N6O. The Morgan fingerprint density at radius 3 is 2.85 bits per heavy atom. The van der Waals surface area contributed by atoms with Gasteiger partial charge in [-0.25, -0.2) is 4.98 Å². The van der Waals surface area contributed by atoms with Gasteiger partial charge in [-0.1, -0.05) is 6.92 Å². The molecule has 0 saturated heterocycles. The van der Waals surface area contributed by atoms with Crippen molar-refractivity contribution in [2.75, 3.05) is 0 Å². The number of nitrogens with one attached hydrogen (secondary N) is 1. The van der Waals surface area contributed by atoms with Crippen molar-refractivity contribution >= 4 is 5.91 Å². The predicted octanol–water partition coefficient (Wildman–Crippen LogP) is 0.755. The van der Waals surface area contributed by atoms with E-state index in [2.05, 4.69) is 20.5 Å². The van der Waals surface area contributed by atoms with E-state index in [1.165, 1.54) is 6.33 Å². The number of carbonyl (C=O) groups is 1. The zero-order chi connectivity index (χ0) is 14.5. The van der Waals surface area contributed by atoms with E-state index in [9.17, 15) is 4.79 Å². The third-order valence-electron chi connectivity index (χ3n) is 3.20. The van der Waals surface area contributed by atoms with Crippen LogP contribution >= 0.6 is 0 Å². The second-order valence-electron chi connectivity index (χ2n) is 4.83. The Morgan fingerprint density at radius 2 is 2.25 bits per heavy atom. The largest absolute Gasteiger partial charge is 0.352 e. The summed E-state index contributed by atoms with van der Waals surface area (Å²) in [5, 5.41) is 11.3. The van der Waals surface area contributed by atoms with E-state index < -0.39 is 0 Å². The third kappa shape index (κ3) is 3.43. The number of rotatable bonds is 6. The van der Waals surface area contributed by atoms with Gasteiger partial charge in [-0.15, -0.1) is 0 Å². The minimum atomic E-state index is -0.154. The van der Waals surface area contributed by atoms with Crippen LogP contribution < -0.4 is 5.32 Å². The highest BCUT2D eigenvalue weighted by Gasteiger charge is 2.14. The van der Waals surface area contributed by atoms with Gasteiger partial charge in [-0.3, -0.25) is 14.2 Å². The normalized spacial score (nSPS) is 12.3. The van der Waals surface area contributed by atoms with Crippen molar-refractivity contribution in [3.05, 3.63) is 30.1 Å². The molecule has 0 aliphatic carbocycles. The molecule has 0 spiro atoms. The summed E-state index contributed by atoms with van der Waals surface area (Å²) in [7, 11) is 0. The summed E-state index contributed by atoms with van der Waals surface area (Å²) in [4.78, 5) is 15.9. The molecule has 0 aliphatic rings. The van der Waals surface area contributed by atoms with Gasteiger partial charge >= 0.3 is 0 Å². The van der Waals surface area contributed by atoms with E-state index in [1.54, 1.807) is 11.0 Å². The summed E-state index contributed by atoms with van der Waals surface area (Å²) >= 11 is 0. The molecule has 7 heteroatoms. The first kappa shape index (κ1) is 14.2. The molecule has 0 fully saturated rings. The lowest BCUT2D eigenvalue weighted by Gasteiger charge is -2.11. The summed E-state index contributed by atoms with van der Waals surface area (Å²) in [6.45, 7) is 7.73. The number of carbonyl (C=O) groups excluding carboxylic acids is 1. The van der Waals surface area contributed by atoms with Crippen LogP contribution in [0.3, 0.4) is 0 Å². The third-order valence-corrected chi connectivity index (χ3v) is 3.20. The van der Waals surface area contributed by atoms with E-state index in [4.69, 9.17) is 0 Å². The lowest BCUT2D eigenvalue weighted by Crippen LogP contribution is -2.31. The number of amides is 1. The van der Waals surface area contributed by atoms with Gasteiger partial charge in [-0.05, 0) is 13.8 Å². The van der Waals surface area contributed by atoms with Gasteiger partial charge in [0.1, 0.15) is 12.7 Å². The van der Waals surface area contributed by atoms with Crippen molar-refractivity contribution in [3.63, 3.8) is 0 Å². The zero-order valence-corrected chi connectivity index (χ0v) is 12.1. The first-order chi connectivity index (χ1) is 9.60. The highest BCUT2D eigenvalue weighted by molar-refractivity contribution is 5.78. The van der Waals surface area contributed by atoms with Crippen molar-refractivity contribution in [2.24, 2.45) is 5.92 Å². The molecule has 0 bridgehead atoms. The molecule has 0 aliphatic heterocycles. The van der Waals surface area contributed by atoms with Gasteiger partial charge in [0.25, 0.3) is 0 Å². The molecule has 0 radical (unpaired) electrons. The van der Waals surface area contributed by atoms with Crippen molar-refractivity contribution in [1.82, 2.24) is 29.9 Å². The first-order valence-corrected chi connectivity index (χ1v) is 6.73. The van der Waals surface area contributed by atoms with Crippen LogP contribution in [0.5, 0.6) is 0 Å². The minimum absolute atomic E-state index is 0.00384. The molecule has 1 atom stereocenters.